The Morgan fingerprint density at radius 1 is 1.33 bits per heavy atom. The van der Waals surface area contributed by atoms with Crippen molar-refractivity contribution in [3.63, 3.8) is 0 Å². The highest BCUT2D eigenvalue weighted by atomic mass is 16.5. The summed E-state index contributed by atoms with van der Waals surface area (Å²) in [5, 5.41) is 7.15. The molecule has 1 fully saturated rings. The molecule has 0 radical (unpaired) electrons. The monoisotopic (exact) mass is 248 g/mol. The minimum absolute atomic E-state index is 0.394. The quantitative estimate of drug-likeness (QED) is 0.837. The zero-order chi connectivity index (χ0) is 12.8. The summed E-state index contributed by atoms with van der Waals surface area (Å²) in [6.45, 7) is 7.13. The van der Waals surface area contributed by atoms with Gasteiger partial charge in [0, 0.05) is 24.7 Å². The number of rotatable bonds is 5. The first-order valence-corrected chi connectivity index (χ1v) is 6.88. The lowest BCUT2D eigenvalue weighted by atomic mass is 10.0. The first-order chi connectivity index (χ1) is 8.75. The van der Waals surface area contributed by atoms with Gasteiger partial charge >= 0.3 is 0 Å². The van der Waals surface area contributed by atoms with Gasteiger partial charge < -0.3 is 15.4 Å². The van der Waals surface area contributed by atoms with Crippen LogP contribution in [-0.4, -0.2) is 31.8 Å². The minimum atomic E-state index is 0.394. The van der Waals surface area contributed by atoms with Gasteiger partial charge in [-0.1, -0.05) is 30.3 Å². The molecule has 3 nitrogen and oxygen atoms in total. The van der Waals surface area contributed by atoms with Crippen LogP contribution in [-0.2, 0) is 4.74 Å². The summed E-state index contributed by atoms with van der Waals surface area (Å²) in [7, 11) is 0. The summed E-state index contributed by atoms with van der Waals surface area (Å²) in [6.07, 6.45) is 1.11. The van der Waals surface area contributed by atoms with Crippen LogP contribution < -0.4 is 10.6 Å². The molecule has 0 bridgehead atoms. The second-order valence-electron chi connectivity index (χ2n) is 5.16. The lowest BCUT2D eigenvalue weighted by molar-refractivity contribution is 0.0708. The van der Waals surface area contributed by atoms with Crippen molar-refractivity contribution in [2.24, 2.45) is 0 Å². The number of morpholine rings is 1. The zero-order valence-corrected chi connectivity index (χ0v) is 11.4. The lowest BCUT2D eigenvalue weighted by Gasteiger charge is -2.28. The van der Waals surface area contributed by atoms with Crippen molar-refractivity contribution in [2.45, 2.75) is 38.4 Å². The second kappa shape index (κ2) is 6.88. The predicted octanol–water partition coefficient (Wildman–Crippen LogP) is 2.10. The van der Waals surface area contributed by atoms with Gasteiger partial charge in [0.05, 0.1) is 13.2 Å². The van der Waals surface area contributed by atoms with E-state index in [0.29, 0.717) is 18.1 Å². The molecular weight excluding hydrogens is 224 g/mol. The van der Waals surface area contributed by atoms with Crippen molar-refractivity contribution >= 4 is 0 Å². The van der Waals surface area contributed by atoms with E-state index in [1.54, 1.807) is 0 Å². The summed E-state index contributed by atoms with van der Waals surface area (Å²) in [5.74, 6) is 0. The predicted molar refractivity (Wildman–Crippen MR) is 74.7 cm³/mol. The Morgan fingerprint density at radius 3 is 2.78 bits per heavy atom. The van der Waals surface area contributed by atoms with E-state index in [9.17, 15) is 0 Å². The summed E-state index contributed by atoms with van der Waals surface area (Å²) in [4.78, 5) is 0. The summed E-state index contributed by atoms with van der Waals surface area (Å²) in [5.41, 5.74) is 1.34. The Morgan fingerprint density at radius 2 is 2.11 bits per heavy atom. The molecule has 18 heavy (non-hydrogen) atoms. The highest BCUT2D eigenvalue weighted by Gasteiger charge is 2.17. The molecule has 0 aromatic heterocycles. The molecule has 3 atom stereocenters. The van der Waals surface area contributed by atoms with E-state index in [1.807, 2.05) is 0 Å². The van der Waals surface area contributed by atoms with Crippen LogP contribution in [0.1, 0.15) is 31.9 Å². The van der Waals surface area contributed by atoms with Crippen molar-refractivity contribution in [1.29, 1.82) is 0 Å². The zero-order valence-electron chi connectivity index (χ0n) is 11.4. The average Bonchev–Trinajstić information content (AvgIpc) is 2.40. The van der Waals surface area contributed by atoms with Gasteiger partial charge in [0.2, 0.25) is 0 Å². The average molecular weight is 248 g/mol. The second-order valence-corrected chi connectivity index (χ2v) is 5.16. The molecule has 100 valence electrons. The first kappa shape index (κ1) is 13.5. The maximum atomic E-state index is 5.48. The standard InChI is InChI=1S/C15H24N2O/c1-12(10-15-11-18-9-8-16-15)17-13(2)14-6-4-3-5-7-14/h3-7,12-13,15-17H,8-11H2,1-2H3. The number of ether oxygens (including phenoxy) is 1. The molecule has 0 saturated carbocycles. The molecule has 0 spiro atoms. The molecule has 2 rings (SSSR count). The third-order valence-corrected chi connectivity index (χ3v) is 3.47. The minimum Gasteiger partial charge on any atom is -0.379 e. The van der Waals surface area contributed by atoms with Crippen molar-refractivity contribution in [1.82, 2.24) is 10.6 Å². The Bertz CT molecular complexity index is 336. The van der Waals surface area contributed by atoms with Crippen LogP contribution >= 0.6 is 0 Å². The van der Waals surface area contributed by atoms with E-state index < -0.39 is 0 Å². The van der Waals surface area contributed by atoms with E-state index in [1.165, 1.54) is 5.56 Å². The molecule has 1 aliphatic rings. The smallest absolute Gasteiger partial charge is 0.0620 e. The maximum absolute atomic E-state index is 5.48. The molecule has 3 unspecified atom stereocenters. The molecule has 1 heterocycles. The topological polar surface area (TPSA) is 33.3 Å². The molecule has 1 aliphatic heterocycles. The van der Waals surface area contributed by atoms with Crippen molar-refractivity contribution in [3.05, 3.63) is 35.9 Å². The molecule has 1 aromatic carbocycles. The third kappa shape index (κ3) is 4.09. The van der Waals surface area contributed by atoms with Crippen LogP contribution in [0.25, 0.3) is 0 Å². The van der Waals surface area contributed by atoms with E-state index in [4.69, 9.17) is 4.74 Å². The van der Waals surface area contributed by atoms with Gasteiger partial charge in [-0.25, -0.2) is 0 Å². The van der Waals surface area contributed by atoms with Crippen molar-refractivity contribution in [3.8, 4) is 0 Å². The normalized spacial score (nSPS) is 23.6. The Hall–Kier alpha value is -0.900. The SMILES string of the molecule is CC(CC1COCCN1)NC(C)c1ccccc1. The van der Waals surface area contributed by atoms with Crippen LogP contribution in [0.5, 0.6) is 0 Å². The first-order valence-electron chi connectivity index (χ1n) is 6.88. The molecule has 3 heteroatoms. The van der Waals surface area contributed by atoms with Gasteiger partial charge in [-0.3, -0.25) is 0 Å². The fourth-order valence-corrected chi connectivity index (χ4v) is 2.53. The Balaban J connectivity index is 1.78. The molecule has 0 amide bonds. The number of hydrogen-bond donors (Lipinski definition) is 2. The van der Waals surface area contributed by atoms with Crippen LogP contribution in [0.2, 0.25) is 0 Å². The molecule has 0 aliphatic carbocycles. The van der Waals surface area contributed by atoms with Crippen LogP contribution in [0.15, 0.2) is 30.3 Å². The Kier molecular flexibility index (Phi) is 5.17. The van der Waals surface area contributed by atoms with Gasteiger partial charge in [-0.05, 0) is 25.8 Å². The maximum Gasteiger partial charge on any atom is 0.0620 e. The largest absolute Gasteiger partial charge is 0.379 e. The van der Waals surface area contributed by atoms with E-state index in [2.05, 4.69) is 54.8 Å². The Labute approximate surface area is 110 Å². The van der Waals surface area contributed by atoms with Gasteiger partial charge in [0.15, 0.2) is 0 Å². The molecule has 1 saturated heterocycles. The number of hydrogen-bond acceptors (Lipinski definition) is 3. The van der Waals surface area contributed by atoms with Gasteiger partial charge in [-0.2, -0.15) is 0 Å². The van der Waals surface area contributed by atoms with Gasteiger partial charge in [0.1, 0.15) is 0 Å². The van der Waals surface area contributed by atoms with E-state index >= 15 is 0 Å². The molecule has 2 N–H and O–H groups in total. The fraction of sp³-hybridized carbons (Fsp3) is 0.600. The molecule has 1 aromatic rings. The van der Waals surface area contributed by atoms with E-state index in [-0.39, 0.29) is 0 Å². The van der Waals surface area contributed by atoms with Crippen LogP contribution in [0, 0.1) is 0 Å². The number of nitrogens with one attached hydrogen (secondary N) is 2. The highest BCUT2D eigenvalue weighted by Crippen LogP contribution is 2.13. The van der Waals surface area contributed by atoms with Crippen LogP contribution in [0.3, 0.4) is 0 Å². The lowest BCUT2D eigenvalue weighted by Crippen LogP contribution is -2.45. The van der Waals surface area contributed by atoms with Crippen molar-refractivity contribution < 1.29 is 4.74 Å². The van der Waals surface area contributed by atoms with Gasteiger partial charge in [-0.15, -0.1) is 0 Å². The summed E-state index contributed by atoms with van der Waals surface area (Å²) in [6, 6.07) is 12.0. The third-order valence-electron chi connectivity index (χ3n) is 3.47. The summed E-state index contributed by atoms with van der Waals surface area (Å²) < 4.78 is 5.48. The van der Waals surface area contributed by atoms with Gasteiger partial charge in [0.25, 0.3) is 0 Å². The molecular formula is C15H24N2O. The highest BCUT2D eigenvalue weighted by molar-refractivity contribution is 5.18. The number of benzene rings is 1. The van der Waals surface area contributed by atoms with Crippen molar-refractivity contribution in [2.75, 3.05) is 19.8 Å². The van der Waals surface area contributed by atoms with E-state index in [0.717, 1.165) is 26.2 Å². The fourth-order valence-electron chi connectivity index (χ4n) is 2.53. The summed E-state index contributed by atoms with van der Waals surface area (Å²) >= 11 is 0. The van der Waals surface area contributed by atoms with Crippen LogP contribution in [0.4, 0.5) is 0 Å².